The molecule has 4 atom stereocenters. The Morgan fingerprint density at radius 1 is 1.00 bits per heavy atom. The molecule has 3 saturated heterocycles. The highest BCUT2D eigenvalue weighted by Crippen LogP contribution is 2.49. The number of ether oxygens (including phenoxy) is 4. The topological polar surface area (TPSA) is 139 Å². The van der Waals surface area contributed by atoms with Crippen molar-refractivity contribution in [2.75, 3.05) is 32.1 Å². The van der Waals surface area contributed by atoms with Gasteiger partial charge in [-0.3, -0.25) is 10.2 Å². The number of halogens is 6. The lowest BCUT2D eigenvalue weighted by Gasteiger charge is -2.28. The molecule has 0 aliphatic carbocycles. The van der Waals surface area contributed by atoms with E-state index in [9.17, 15) is 32.4 Å². The summed E-state index contributed by atoms with van der Waals surface area (Å²) in [6.07, 6.45) is -4.52. The molecule has 4 unspecified atom stereocenters. The van der Waals surface area contributed by atoms with Gasteiger partial charge in [0.1, 0.15) is 45.9 Å². The molecule has 3 aliphatic rings. The molecule has 0 spiro atoms. The number of benzene rings is 2. The first-order chi connectivity index (χ1) is 29.0. The van der Waals surface area contributed by atoms with E-state index < -0.39 is 105 Å². The number of nitrogens with zero attached hydrogens (tertiary/aromatic N) is 5. The summed E-state index contributed by atoms with van der Waals surface area (Å²) >= 11 is 0.577. The number of alkyl halides is 4. The van der Waals surface area contributed by atoms with Crippen LogP contribution in [0.1, 0.15) is 99.1 Å². The summed E-state index contributed by atoms with van der Waals surface area (Å²) in [4.78, 5) is 37.1. The van der Waals surface area contributed by atoms with Crippen molar-refractivity contribution >= 4 is 49.5 Å². The molecule has 19 heteroatoms. The second-order valence-electron chi connectivity index (χ2n) is 16.8. The van der Waals surface area contributed by atoms with Gasteiger partial charge in [-0.2, -0.15) is 28.4 Å². The number of carbonyl (C=O) groups is 2. The second kappa shape index (κ2) is 18.7. The number of carbonyl (C=O) groups excluding carboxylic acids is 2. The highest BCUT2D eigenvalue weighted by atomic mass is 32.1. The zero-order valence-corrected chi connectivity index (χ0v) is 37.2. The number of aromatic nitrogens is 2. The van der Waals surface area contributed by atoms with Gasteiger partial charge in [0.2, 0.25) is 5.88 Å². The van der Waals surface area contributed by atoms with Crippen LogP contribution in [0.4, 0.5) is 40.9 Å². The Kier molecular flexibility index (Phi) is 14.5. The van der Waals surface area contributed by atoms with Crippen molar-refractivity contribution in [3.05, 3.63) is 41.0 Å². The van der Waals surface area contributed by atoms with Crippen molar-refractivity contribution in [1.82, 2.24) is 19.8 Å². The van der Waals surface area contributed by atoms with Crippen LogP contribution in [0.15, 0.2) is 18.2 Å². The van der Waals surface area contributed by atoms with E-state index >= 15 is 8.78 Å². The molecule has 4 aromatic rings. The number of likely N-dealkylation sites (tertiary alicyclic amines) is 1. The van der Waals surface area contributed by atoms with Gasteiger partial charge in [0, 0.05) is 36.5 Å². The van der Waals surface area contributed by atoms with Crippen molar-refractivity contribution in [1.29, 1.82) is 5.26 Å². The highest BCUT2D eigenvalue weighted by molar-refractivity contribution is 7.23. The number of rotatable bonds is 5. The van der Waals surface area contributed by atoms with Gasteiger partial charge in [0.05, 0.1) is 34.4 Å². The number of anilines is 1. The summed E-state index contributed by atoms with van der Waals surface area (Å²) in [6, 6.07) is 3.74. The van der Waals surface area contributed by atoms with Crippen LogP contribution in [-0.4, -0.2) is 94.3 Å². The minimum absolute atomic E-state index is 0.209. The Labute approximate surface area is 360 Å². The van der Waals surface area contributed by atoms with Crippen LogP contribution in [0.3, 0.4) is 0 Å². The van der Waals surface area contributed by atoms with Crippen LogP contribution in [0, 0.1) is 23.0 Å². The predicted molar refractivity (Wildman–Crippen MR) is 223 cm³/mol. The molecule has 62 heavy (non-hydrogen) atoms. The minimum Gasteiger partial charge on any atom is -0.471 e. The fraction of sp³-hybridized carbons (Fsp3) is 0.558. The van der Waals surface area contributed by atoms with Crippen molar-refractivity contribution < 1.29 is 54.9 Å². The van der Waals surface area contributed by atoms with Crippen molar-refractivity contribution in [2.24, 2.45) is 0 Å². The molecular weight excluding hydrogens is 843 g/mol. The quantitative estimate of drug-likeness (QED) is 0.193. The molecule has 338 valence electrons. The van der Waals surface area contributed by atoms with E-state index in [4.69, 9.17) is 18.9 Å². The van der Waals surface area contributed by atoms with Crippen molar-refractivity contribution in [3.63, 3.8) is 0 Å². The first-order valence-corrected chi connectivity index (χ1v) is 21.2. The van der Waals surface area contributed by atoms with Gasteiger partial charge in [0.15, 0.2) is 5.82 Å². The lowest BCUT2D eigenvalue weighted by atomic mass is 9.92. The zero-order chi connectivity index (χ0) is 46.1. The molecule has 2 aromatic heterocycles. The van der Waals surface area contributed by atoms with Gasteiger partial charge >= 0.3 is 24.4 Å². The Morgan fingerprint density at radius 3 is 2.27 bits per heavy atom. The van der Waals surface area contributed by atoms with Gasteiger partial charge in [-0.1, -0.05) is 19.9 Å². The molecule has 0 radical (unpaired) electrons. The van der Waals surface area contributed by atoms with E-state index in [1.807, 2.05) is 13.8 Å². The molecule has 2 amide bonds. The van der Waals surface area contributed by atoms with Gasteiger partial charge in [0.25, 0.3) is 0 Å². The third kappa shape index (κ3) is 10.6. The van der Waals surface area contributed by atoms with Crippen molar-refractivity contribution in [3.8, 4) is 29.1 Å². The molecule has 12 nitrogen and oxygen atoms in total. The number of fused-ring (bicyclic) bond motifs is 3. The summed E-state index contributed by atoms with van der Waals surface area (Å²) in [6.45, 7) is 17.6. The van der Waals surface area contributed by atoms with Crippen LogP contribution < -0.4 is 14.8 Å². The van der Waals surface area contributed by atoms with E-state index in [-0.39, 0.29) is 28.1 Å². The lowest BCUT2D eigenvalue weighted by molar-refractivity contribution is -0.137. The molecule has 0 bridgehead atoms. The molecule has 2 aromatic carbocycles. The molecular formula is C43H52F6N6O6S. The minimum atomic E-state index is -5.20. The van der Waals surface area contributed by atoms with E-state index in [2.05, 4.69) is 20.2 Å². The molecule has 3 fully saturated rings. The van der Waals surface area contributed by atoms with Gasteiger partial charge in [-0.15, -0.1) is 11.3 Å². The standard InChI is InChI=1S/C34H34F5N5O6S.C7H12FN.C2H6/c1-15-21(11-12-44(15)31(46)50-33(5,6)7)48-27-17-13-19(34(37,38)39)23(24(36)25(17)41-29(42-27)47-8)16-9-10-20(35)26-22(16)18(14-40)28(51-26)43-30(45)49-32(2,3)4;8-6-4-7-2-1-3-9(7)5-6;1-2/h9-10,13,15,21H,11-12H2,1-8H3,(H,43,45);6-7H,1-5H2;1-2H3. The Hall–Kier alpha value is -5.09. The first kappa shape index (κ1) is 48.0. The maximum absolute atomic E-state index is 16.8. The maximum atomic E-state index is 16.8. The number of methoxy groups -OCH3 is 1. The lowest BCUT2D eigenvalue weighted by Crippen LogP contribution is -2.42. The largest absolute Gasteiger partial charge is 0.471 e. The Balaban J connectivity index is 0.000000573. The van der Waals surface area contributed by atoms with Crippen LogP contribution in [0.25, 0.3) is 32.1 Å². The summed E-state index contributed by atoms with van der Waals surface area (Å²) in [5, 5.41) is 11.4. The van der Waals surface area contributed by atoms with E-state index in [1.54, 1.807) is 54.5 Å². The number of nitriles is 1. The van der Waals surface area contributed by atoms with Gasteiger partial charge in [-0.05, 0) is 92.0 Å². The number of hydrogen-bond acceptors (Lipinski definition) is 11. The average molecular weight is 895 g/mol. The summed E-state index contributed by atoms with van der Waals surface area (Å²) in [5.74, 6) is -2.84. The first-order valence-electron chi connectivity index (χ1n) is 20.3. The fourth-order valence-electron chi connectivity index (χ4n) is 7.64. The normalized spacial score (nSPS) is 20.1. The third-order valence-electron chi connectivity index (χ3n) is 10.2. The maximum Gasteiger partial charge on any atom is 0.417 e. The Bertz CT molecular complexity index is 2330. The summed E-state index contributed by atoms with van der Waals surface area (Å²) in [7, 11) is 1.17. The average Bonchev–Trinajstić information content (AvgIpc) is 3.94. The molecule has 3 aliphatic heterocycles. The summed E-state index contributed by atoms with van der Waals surface area (Å²) < 4.78 is 111. The van der Waals surface area contributed by atoms with E-state index in [0.29, 0.717) is 30.0 Å². The highest BCUT2D eigenvalue weighted by Gasteiger charge is 2.41. The number of nitrogens with one attached hydrogen (secondary N) is 1. The molecule has 0 saturated carbocycles. The molecule has 5 heterocycles. The zero-order valence-electron chi connectivity index (χ0n) is 36.4. The predicted octanol–water partition coefficient (Wildman–Crippen LogP) is 11.0. The van der Waals surface area contributed by atoms with Gasteiger partial charge in [-0.25, -0.2) is 22.8 Å². The third-order valence-corrected chi connectivity index (χ3v) is 11.3. The summed E-state index contributed by atoms with van der Waals surface area (Å²) in [5.41, 5.74) is -5.76. The van der Waals surface area contributed by atoms with Crippen LogP contribution in [0.5, 0.6) is 11.9 Å². The molecule has 1 N–H and O–H groups in total. The van der Waals surface area contributed by atoms with E-state index in [0.717, 1.165) is 25.1 Å². The van der Waals surface area contributed by atoms with Crippen LogP contribution >= 0.6 is 11.3 Å². The Morgan fingerprint density at radius 2 is 1.68 bits per heavy atom. The van der Waals surface area contributed by atoms with Gasteiger partial charge < -0.3 is 23.8 Å². The SMILES string of the molecule is CC.COc1nc(OC2CCN(C(=O)OC(C)(C)C)C2C)c2cc(C(F)(F)F)c(-c3ccc(F)c4sc(NC(=O)OC(C)(C)C)c(C#N)c34)c(F)c2n1.FC1CC2CCCN2C1. The smallest absolute Gasteiger partial charge is 0.417 e. The molecule has 7 rings (SSSR count). The number of hydrogen-bond donors (Lipinski definition) is 1. The van der Waals surface area contributed by atoms with Crippen molar-refractivity contribution in [2.45, 2.75) is 130 Å². The van der Waals surface area contributed by atoms with Crippen LogP contribution in [-0.2, 0) is 15.7 Å². The van der Waals surface area contributed by atoms with E-state index in [1.165, 1.54) is 24.9 Å². The number of thiophene rings is 1. The second-order valence-corrected chi connectivity index (χ2v) is 17.9. The number of amides is 2. The monoisotopic (exact) mass is 894 g/mol. The van der Waals surface area contributed by atoms with Crippen LogP contribution in [0.2, 0.25) is 0 Å². The fourth-order valence-corrected chi connectivity index (χ4v) is 8.70.